The maximum atomic E-state index is 12.7. The maximum Gasteiger partial charge on any atom is 0.339 e. The van der Waals surface area contributed by atoms with Crippen LogP contribution in [0.3, 0.4) is 0 Å². The first-order valence-electron chi connectivity index (χ1n) is 11.2. The van der Waals surface area contributed by atoms with E-state index in [4.69, 9.17) is 27.9 Å². The number of unbranched alkanes of at least 4 members (excludes halogenated alkanes) is 3. The summed E-state index contributed by atoms with van der Waals surface area (Å²) in [6, 6.07) is 19.6. The van der Waals surface area contributed by atoms with Gasteiger partial charge in [-0.3, -0.25) is 0 Å². The van der Waals surface area contributed by atoms with Crippen molar-refractivity contribution in [1.29, 1.82) is 0 Å². The minimum atomic E-state index is -0.414. The Morgan fingerprint density at radius 1 is 0.939 bits per heavy atom. The molecule has 33 heavy (non-hydrogen) atoms. The molecular formula is C27H32Cl3NO2. The molecule has 1 unspecified atom stereocenters. The number of benzene rings is 3. The zero-order valence-electron chi connectivity index (χ0n) is 19.2. The van der Waals surface area contributed by atoms with Gasteiger partial charge in [-0.25, -0.2) is 4.79 Å². The highest BCUT2D eigenvalue weighted by atomic mass is 35.5. The Hall–Kier alpha value is -1.78. The number of hydrogen-bond donors (Lipinski definition) is 0. The Bertz CT molecular complexity index is 1030. The van der Waals surface area contributed by atoms with E-state index < -0.39 is 5.97 Å². The lowest BCUT2D eigenvalue weighted by atomic mass is 9.89. The topological polar surface area (TPSA) is 29.5 Å². The number of carbonyl (C=O) groups excluding carboxylic acids is 1. The van der Waals surface area contributed by atoms with Crippen molar-refractivity contribution in [1.82, 2.24) is 4.90 Å². The van der Waals surface area contributed by atoms with Crippen LogP contribution in [0.15, 0.2) is 60.7 Å². The molecular weight excluding hydrogens is 477 g/mol. The summed E-state index contributed by atoms with van der Waals surface area (Å²) in [4.78, 5) is 14.9. The molecule has 0 bridgehead atoms. The van der Waals surface area contributed by atoms with Gasteiger partial charge in [-0.2, -0.15) is 0 Å². The van der Waals surface area contributed by atoms with Gasteiger partial charge in [-0.1, -0.05) is 84.9 Å². The summed E-state index contributed by atoms with van der Waals surface area (Å²) in [5, 5.41) is 3.22. The molecule has 0 saturated heterocycles. The molecule has 0 fully saturated rings. The van der Waals surface area contributed by atoms with Gasteiger partial charge in [0.2, 0.25) is 0 Å². The van der Waals surface area contributed by atoms with E-state index in [9.17, 15) is 4.79 Å². The van der Waals surface area contributed by atoms with E-state index in [1.54, 1.807) is 18.2 Å². The summed E-state index contributed by atoms with van der Waals surface area (Å²) in [5.41, 5.74) is 1.57. The van der Waals surface area contributed by atoms with Gasteiger partial charge in [0, 0.05) is 10.9 Å². The Balaban J connectivity index is 0.00000385. The highest BCUT2D eigenvalue weighted by molar-refractivity contribution is 6.36. The molecule has 0 radical (unpaired) electrons. The Morgan fingerprint density at radius 3 is 2.42 bits per heavy atom. The maximum absolute atomic E-state index is 12.7. The number of hydrogen-bond acceptors (Lipinski definition) is 3. The van der Waals surface area contributed by atoms with Crippen LogP contribution in [0.4, 0.5) is 0 Å². The molecule has 6 heteroatoms. The first-order valence-corrected chi connectivity index (χ1v) is 12.0. The normalized spacial score (nSPS) is 11.9. The van der Waals surface area contributed by atoms with E-state index in [1.165, 1.54) is 35.6 Å². The molecule has 0 aromatic heterocycles. The lowest BCUT2D eigenvalue weighted by molar-refractivity contribution is 0.0475. The largest absolute Gasteiger partial charge is 0.461 e. The molecule has 0 aliphatic carbocycles. The average Bonchev–Trinajstić information content (AvgIpc) is 2.77. The van der Waals surface area contributed by atoms with E-state index in [0.29, 0.717) is 22.2 Å². The molecule has 0 spiro atoms. The Labute approximate surface area is 213 Å². The fraction of sp³-hybridized carbons (Fsp3) is 0.370. The van der Waals surface area contributed by atoms with E-state index >= 15 is 0 Å². The van der Waals surface area contributed by atoms with Crippen molar-refractivity contribution in [3.8, 4) is 0 Å². The zero-order chi connectivity index (χ0) is 22.9. The summed E-state index contributed by atoms with van der Waals surface area (Å²) >= 11 is 12.2. The van der Waals surface area contributed by atoms with Crippen molar-refractivity contribution in [2.24, 2.45) is 0 Å². The lowest BCUT2D eigenvalue weighted by Crippen LogP contribution is -2.14. The smallest absolute Gasteiger partial charge is 0.339 e. The van der Waals surface area contributed by atoms with Crippen LogP contribution in [-0.2, 0) is 4.74 Å². The molecule has 0 heterocycles. The number of nitrogens with zero attached hydrogens (tertiary/aromatic N) is 1. The molecule has 3 nitrogen and oxygen atoms in total. The summed E-state index contributed by atoms with van der Waals surface area (Å²) in [5.74, 6) is -0.284. The summed E-state index contributed by atoms with van der Waals surface area (Å²) in [6.45, 7) is 1.44. The summed E-state index contributed by atoms with van der Waals surface area (Å²) in [7, 11) is 4.22. The number of esters is 1. The molecule has 0 amide bonds. The van der Waals surface area contributed by atoms with E-state index in [-0.39, 0.29) is 18.3 Å². The van der Waals surface area contributed by atoms with Gasteiger partial charge in [-0.05, 0) is 68.0 Å². The third-order valence-electron chi connectivity index (χ3n) is 5.74. The van der Waals surface area contributed by atoms with E-state index in [0.717, 1.165) is 19.4 Å². The van der Waals surface area contributed by atoms with Gasteiger partial charge in [-0.15, -0.1) is 12.4 Å². The highest BCUT2D eigenvalue weighted by Crippen LogP contribution is 2.31. The predicted octanol–water partition coefficient (Wildman–Crippen LogP) is 8.02. The number of ether oxygens (including phenoxy) is 1. The molecule has 178 valence electrons. The second kappa shape index (κ2) is 13.8. The molecule has 1 atom stereocenters. The molecule has 0 N–H and O–H groups in total. The SMILES string of the molecule is CN(C)CCCCCCC(COC(=O)c1ccc(Cl)cc1Cl)c1cccc2ccccc12.Cl. The minimum absolute atomic E-state index is 0. The lowest BCUT2D eigenvalue weighted by Gasteiger charge is -2.20. The first kappa shape index (κ1) is 27.5. The van der Waals surface area contributed by atoms with Crippen LogP contribution in [0.1, 0.15) is 53.9 Å². The molecule has 0 aliphatic heterocycles. The van der Waals surface area contributed by atoms with Crippen molar-refractivity contribution in [2.75, 3.05) is 27.2 Å². The zero-order valence-corrected chi connectivity index (χ0v) is 21.6. The fourth-order valence-corrected chi connectivity index (χ4v) is 4.50. The van der Waals surface area contributed by atoms with Gasteiger partial charge in [0.1, 0.15) is 0 Å². The average molecular weight is 509 g/mol. The molecule has 0 saturated carbocycles. The van der Waals surface area contributed by atoms with Crippen LogP contribution in [-0.4, -0.2) is 38.1 Å². The highest BCUT2D eigenvalue weighted by Gasteiger charge is 2.19. The molecule has 3 aromatic carbocycles. The van der Waals surface area contributed by atoms with Crippen molar-refractivity contribution >= 4 is 52.4 Å². The monoisotopic (exact) mass is 507 g/mol. The second-order valence-electron chi connectivity index (χ2n) is 8.49. The van der Waals surface area contributed by atoms with Crippen molar-refractivity contribution in [3.05, 3.63) is 81.8 Å². The van der Waals surface area contributed by atoms with Crippen molar-refractivity contribution < 1.29 is 9.53 Å². The third-order valence-corrected chi connectivity index (χ3v) is 6.29. The van der Waals surface area contributed by atoms with Crippen LogP contribution < -0.4 is 0 Å². The predicted molar refractivity (Wildman–Crippen MR) is 142 cm³/mol. The van der Waals surface area contributed by atoms with Crippen molar-refractivity contribution in [2.45, 2.75) is 38.0 Å². The number of halogens is 3. The molecule has 3 aromatic rings. The van der Waals surface area contributed by atoms with Crippen LogP contribution in [0.2, 0.25) is 10.0 Å². The number of fused-ring (bicyclic) bond motifs is 1. The van der Waals surface area contributed by atoms with Gasteiger partial charge in [0.25, 0.3) is 0 Å². The Kier molecular flexibility index (Phi) is 11.5. The van der Waals surface area contributed by atoms with Crippen LogP contribution >= 0.6 is 35.6 Å². The van der Waals surface area contributed by atoms with Gasteiger partial charge in [0.05, 0.1) is 17.2 Å². The number of rotatable bonds is 11. The van der Waals surface area contributed by atoms with Gasteiger partial charge < -0.3 is 9.64 Å². The first-order chi connectivity index (χ1) is 15.5. The fourth-order valence-electron chi connectivity index (χ4n) is 4.02. The van der Waals surface area contributed by atoms with Crippen LogP contribution in [0.5, 0.6) is 0 Å². The van der Waals surface area contributed by atoms with E-state index in [2.05, 4.69) is 61.5 Å². The number of carbonyl (C=O) groups is 1. The van der Waals surface area contributed by atoms with Gasteiger partial charge in [0.15, 0.2) is 0 Å². The van der Waals surface area contributed by atoms with Gasteiger partial charge >= 0.3 is 5.97 Å². The van der Waals surface area contributed by atoms with E-state index in [1.807, 2.05) is 0 Å². The van der Waals surface area contributed by atoms with Crippen LogP contribution in [0.25, 0.3) is 10.8 Å². The molecule has 3 rings (SSSR count). The summed E-state index contributed by atoms with van der Waals surface area (Å²) < 4.78 is 5.75. The van der Waals surface area contributed by atoms with Crippen molar-refractivity contribution in [3.63, 3.8) is 0 Å². The third kappa shape index (κ3) is 8.19. The standard InChI is InChI=1S/C27H31Cl2NO2.ClH/c1-30(2)17-8-4-3-5-11-21(24-14-9-12-20-10-6-7-13-23(20)24)19-32-27(31)25-16-15-22(28)18-26(25)29;/h6-7,9-10,12-16,18,21H,3-5,8,11,17,19H2,1-2H3;1H. The second-order valence-corrected chi connectivity index (χ2v) is 9.34. The summed E-state index contributed by atoms with van der Waals surface area (Å²) in [6.07, 6.45) is 5.65. The molecule has 0 aliphatic rings. The quantitative estimate of drug-likeness (QED) is 0.194. The Morgan fingerprint density at radius 2 is 1.67 bits per heavy atom. The minimum Gasteiger partial charge on any atom is -0.461 e. The van der Waals surface area contributed by atoms with Crippen LogP contribution in [0, 0.1) is 0 Å².